The number of carbonyl (C=O) groups is 1. The average molecular weight is 451 g/mol. The van der Waals surface area contributed by atoms with Crippen molar-refractivity contribution in [1.29, 1.82) is 0 Å². The Morgan fingerprint density at radius 3 is 2.86 bits per heavy atom. The maximum absolute atomic E-state index is 12.4. The van der Waals surface area contributed by atoms with E-state index in [0.29, 0.717) is 27.5 Å². The van der Waals surface area contributed by atoms with Gasteiger partial charge in [0.1, 0.15) is 10.0 Å². The molecular formula is C18H22N6O2S3. The molecule has 11 heteroatoms. The molecule has 0 bridgehead atoms. The number of nitrogens with zero attached hydrogens (tertiary/aromatic N) is 5. The third-order valence-electron chi connectivity index (χ3n) is 4.77. The number of anilines is 1. The van der Waals surface area contributed by atoms with Gasteiger partial charge >= 0.3 is 0 Å². The second-order valence-corrected chi connectivity index (χ2v) is 9.99. The van der Waals surface area contributed by atoms with E-state index in [9.17, 15) is 9.59 Å². The summed E-state index contributed by atoms with van der Waals surface area (Å²) in [5.41, 5.74) is 0.519. The Morgan fingerprint density at radius 1 is 1.28 bits per heavy atom. The molecule has 0 aromatic carbocycles. The lowest BCUT2D eigenvalue weighted by Crippen LogP contribution is -2.16. The second-order valence-electron chi connectivity index (χ2n) is 6.95. The fraction of sp³-hybridized carbons (Fsp3) is 0.556. The summed E-state index contributed by atoms with van der Waals surface area (Å²) < 4.78 is 1.41. The summed E-state index contributed by atoms with van der Waals surface area (Å²) in [7, 11) is 0. The molecule has 3 heterocycles. The van der Waals surface area contributed by atoms with E-state index in [4.69, 9.17) is 0 Å². The molecule has 0 saturated heterocycles. The number of amides is 1. The van der Waals surface area contributed by atoms with Gasteiger partial charge in [-0.1, -0.05) is 48.9 Å². The van der Waals surface area contributed by atoms with Gasteiger partial charge in [-0.05, 0) is 19.3 Å². The Hall–Kier alpha value is -1.85. The predicted octanol–water partition coefficient (Wildman–Crippen LogP) is 3.48. The van der Waals surface area contributed by atoms with E-state index >= 15 is 0 Å². The number of fused-ring (bicyclic) bond motifs is 1. The van der Waals surface area contributed by atoms with Crippen LogP contribution in [0.4, 0.5) is 5.13 Å². The van der Waals surface area contributed by atoms with E-state index in [0.717, 1.165) is 29.3 Å². The number of aryl methyl sites for hydroxylation is 1. The molecule has 0 atom stereocenters. The zero-order valence-electron chi connectivity index (χ0n) is 16.1. The summed E-state index contributed by atoms with van der Waals surface area (Å²) in [6.07, 6.45) is 6.81. The van der Waals surface area contributed by atoms with Gasteiger partial charge in [-0.25, -0.2) is 4.98 Å². The number of aromatic nitrogens is 5. The van der Waals surface area contributed by atoms with Gasteiger partial charge in [0.05, 0.1) is 11.4 Å². The van der Waals surface area contributed by atoms with Crippen LogP contribution in [0.2, 0.25) is 0 Å². The van der Waals surface area contributed by atoms with Crippen molar-refractivity contribution < 1.29 is 4.79 Å². The van der Waals surface area contributed by atoms with Crippen molar-refractivity contribution in [3.05, 3.63) is 32.1 Å². The molecule has 0 unspecified atom stereocenters. The van der Waals surface area contributed by atoms with Gasteiger partial charge in [-0.15, -0.1) is 22.0 Å². The van der Waals surface area contributed by atoms with Gasteiger partial charge in [-0.2, -0.15) is 9.61 Å². The molecule has 0 spiro atoms. The van der Waals surface area contributed by atoms with Crippen LogP contribution < -0.4 is 10.9 Å². The predicted molar refractivity (Wildman–Crippen MR) is 117 cm³/mol. The molecule has 8 nitrogen and oxygen atoms in total. The Labute approximate surface area is 180 Å². The minimum Gasteiger partial charge on any atom is -0.300 e. The van der Waals surface area contributed by atoms with Crippen LogP contribution in [0.25, 0.3) is 4.96 Å². The first-order chi connectivity index (χ1) is 14.1. The fourth-order valence-corrected chi connectivity index (χ4v) is 5.81. The first-order valence-corrected chi connectivity index (χ1v) is 12.5. The summed E-state index contributed by atoms with van der Waals surface area (Å²) in [5, 5.41) is 17.6. The average Bonchev–Trinajstić information content (AvgIpc) is 3.36. The van der Waals surface area contributed by atoms with Crippen LogP contribution in [0.1, 0.15) is 60.7 Å². The van der Waals surface area contributed by atoms with Crippen LogP contribution in [-0.4, -0.2) is 36.5 Å². The molecule has 0 aliphatic heterocycles. The largest absolute Gasteiger partial charge is 0.300 e. The number of thioether (sulfide) groups is 1. The normalized spacial score (nSPS) is 15.1. The molecule has 154 valence electrons. The van der Waals surface area contributed by atoms with Crippen LogP contribution in [0, 0.1) is 0 Å². The van der Waals surface area contributed by atoms with Crippen molar-refractivity contribution >= 4 is 50.4 Å². The van der Waals surface area contributed by atoms with Crippen molar-refractivity contribution in [2.75, 3.05) is 11.1 Å². The van der Waals surface area contributed by atoms with E-state index in [1.54, 1.807) is 0 Å². The lowest BCUT2D eigenvalue weighted by molar-refractivity contribution is -0.113. The first-order valence-electron chi connectivity index (χ1n) is 9.72. The maximum atomic E-state index is 12.4. The summed E-state index contributed by atoms with van der Waals surface area (Å²) in [6.45, 7) is 2.00. The summed E-state index contributed by atoms with van der Waals surface area (Å²) in [5.74, 6) is 1.07. The van der Waals surface area contributed by atoms with Gasteiger partial charge in [-0.3, -0.25) is 14.9 Å². The number of nitrogens with one attached hydrogen (secondary N) is 1. The van der Waals surface area contributed by atoms with Crippen LogP contribution in [0.15, 0.2) is 10.9 Å². The van der Waals surface area contributed by atoms with Gasteiger partial charge in [0.2, 0.25) is 16.0 Å². The van der Waals surface area contributed by atoms with Crippen LogP contribution in [0.3, 0.4) is 0 Å². The molecule has 1 aliphatic carbocycles. The summed E-state index contributed by atoms with van der Waals surface area (Å²) in [6, 6.07) is 1.51. The molecule has 1 fully saturated rings. The van der Waals surface area contributed by atoms with Crippen molar-refractivity contribution in [3.63, 3.8) is 0 Å². The highest BCUT2D eigenvalue weighted by Gasteiger charge is 2.20. The fourth-order valence-electron chi connectivity index (χ4n) is 3.31. The summed E-state index contributed by atoms with van der Waals surface area (Å²) >= 11 is 4.32. The Bertz CT molecular complexity index is 1050. The minimum atomic E-state index is -0.158. The zero-order valence-corrected chi connectivity index (χ0v) is 18.5. The molecule has 1 amide bonds. The third-order valence-corrected chi connectivity index (χ3v) is 7.79. The smallest absolute Gasteiger partial charge is 0.275 e. The van der Waals surface area contributed by atoms with Crippen molar-refractivity contribution in [2.24, 2.45) is 0 Å². The van der Waals surface area contributed by atoms with E-state index in [1.165, 1.54) is 64.3 Å². The zero-order chi connectivity index (χ0) is 20.2. The number of hydrogen-bond donors (Lipinski definition) is 1. The Morgan fingerprint density at radius 2 is 2.10 bits per heavy atom. The molecular weight excluding hydrogens is 428 g/mol. The first kappa shape index (κ1) is 20.4. The van der Waals surface area contributed by atoms with Crippen LogP contribution in [0.5, 0.6) is 0 Å². The van der Waals surface area contributed by atoms with Crippen molar-refractivity contribution in [1.82, 2.24) is 24.8 Å². The highest BCUT2D eigenvalue weighted by Crippen LogP contribution is 2.34. The molecule has 1 N–H and O–H groups in total. The van der Waals surface area contributed by atoms with Crippen molar-refractivity contribution in [2.45, 2.75) is 57.1 Å². The number of rotatable bonds is 7. The van der Waals surface area contributed by atoms with Crippen LogP contribution in [-0.2, 0) is 17.0 Å². The lowest BCUT2D eigenvalue weighted by atomic mass is 9.90. The van der Waals surface area contributed by atoms with E-state index < -0.39 is 0 Å². The molecule has 4 rings (SSSR count). The SMILES string of the molecule is CCc1nnc(NC(=O)CSCc2cc(=O)n3nc(C4CCCCC4)sc3n2)s1. The van der Waals surface area contributed by atoms with E-state index in [2.05, 4.69) is 25.6 Å². The molecule has 3 aromatic rings. The molecule has 3 aromatic heterocycles. The number of hydrogen-bond acceptors (Lipinski definition) is 9. The Balaban J connectivity index is 1.36. The van der Waals surface area contributed by atoms with E-state index in [1.807, 2.05) is 6.92 Å². The van der Waals surface area contributed by atoms with Gasteiger partial charge in [0.25, 0.3) is 5.56 Å². The quantitative estimate of drug-likeness (QED) is 0.588. The van der Waals surface area contributed by atoms with E-state index in [-0.39, 0.29) is 17.2 Å². The second kappa shape index (κ2) is 9.31. The molecule has 29 heavy (non-hydrogen) atoms. The van der Waals surface area contributed by atoms with Gasteiger partial charge < -0.3 is 0 Å². The number of carbonyl (C=O) groups excluding carboxylic acids is 1. The van der Waals surface area contributed by atoms with Crippen molar-refractivity contribution in [3.8, 4) is 0 Å². The maximum Gasteiger partial charge on any atom is 0.275 e. The standard InChI is InChI=1S/C18H22N6O2S3/c1-2-14-21-22-17(28-14)20-13(25)10-27-9-12-8-15(26)24-18(19-12)29-16(23-24)11-6-4-3-5-7-11/h8,11H,2-7,9-10H2,1H3,(H,20,22,25). The highest BCUT2D eigenvalue weighted by atomic mass is 32.2. The summed E-state index contributed by atoms with van der Waals surface area (Å²) in [4.78, 5) is 29.7. The van der Waals surface area contributed by atoms with Gasteiger partial charge in [0, 0.05) is 17.7 Å². The van der Waals surface area contributed by atoms with Crippen LogP contribution >= 0.6 is 34.4 Å². The highest BCUT2D eigenvalue weighted by molar-refractivity contribution is 7.99. The molecule has 1 aliphatic rings. The minimum absolute atomic E-state index is 0.135. The lowest BCUT2D eigenvalue weighted by Gasteiger charge is -2.18. The molecule has 0 radical (unpaired) electrons. The Kier molecular flexibility index (Phi) is 6.56. The molecule has 1 saturated carbocycles. The van der Waals surface area contributed by atoms with Gasteiger partial charge in [0.15, 0.2) is 0 Å². The third kappa shape index (κ3) is 5.01. The topological polar surface area (TPSA) is 102 Å². The monoisotopic (exact) mass is 450 g/mol.